The fourth-order valence-electron chi connectivity index (χ4n) is 1.46. The molecule has 1 nitrogen and oxygen atoms in total. The average Bonchev–Trinajstić information content (AvgIpc) is 2.58. The highest BCUT2D eigenvalue weighted by molar-refractivity contribution is 7.10. The zero-order valence-electron chi connectivity index (χ0n) is 9.71. The number of halogens is 1. The van der Waals surface area contributed by atoms with E-state index >= 15 is 0 Å². The number of unbranched alkanes of at least 4 members (excludes halogenated alkanes) is 3. The van der Waals surface area contributed by atoms with Crippen LogP contribution in [-0.4, -0.2) is 6.54 Å². The summed E-state index contributed by atoms with van der Waals surface area (Å²) in [4.78, 5) is 1.49. The number of thiophene rings is 1. The van der Waals surface area contributed by atoms with E-state index in [2.05, 4.69) is 30.6 Å². The van der Waals surface area contributed by atoms with Gasteiger partial charge in [-0.15, -0.1) is 23.7 Å². The molecule has 0 unspecified atom stereocenters. The summed E-state index contributed by atoms with van der Waals surface area (Å²) in [5, 5.41) is 5.67. The summed E-state index contributed by atoms with van der Waals surface area (Å²) in [7, 11) is 0. The van der Waals surface area contributed by atoms with Gasteiger partial charge in [-0.1, -0.05) is 26.2 Å². The lowest BCUT2D eigenvalue weighted by molar-refractivity contribution is 0.600. The summed E-state index contributed by atoms with van der Waals surface area (Å²) >= 11 is 1.86. The zero-order valence-corrected chi connectivity index (χ0v) is 11.3. The Labute approximate surface area is 104 Å². The molecular weight excluding hydrogens is 226 g/mol. The third-order valence-electron chi connectivity index (χ3n) is 2.46. The van der Waals surface area contributed by atoms with E-state index in [9.17, 15) is 0 Å². The number of nitrogens with one attached hydrogen (secondary N) is 1. The van der Waals surface area contributed by atoms with E-state index in [0.717, 1.165) is 13.1 Å². The van der Waals surface area contributed by atoms with Crippen LogP contribution in [0.3, 0.4) is 0 Å². The summed E-state index contributed by atoms with van der Waals surface area (Å²) in [5.41, 5.74) is 1.43. The first-order valence-corrected chi connectivity index (χ1v) is 6.46. The van der Waals surface area contributed by atoms with Gasteiger partial charge in [-0.05, 0) is 36.9 Å². The molecule has 0 fully saturated rings. The van der Waals surface area contributed by atoms with Crippen LogP contribution < -0.4 is 5.32 Å². The molecule has 0 saturated carbocycles. The Morgan fingerprint density at radius 3 is 2.67 bits per heavy atom. The minimum atomic E-state index is 0. The lowest BCUT2D eigenvalue weighted by Gasteiger charge is -2.03. The van der Waals surface area contributed by atoms with Crippen molar-refractivity contribution in [1.29, 1.82) is 0 Å². The van der Waals surface area contributed by atoms with Gasteiger partial charge in [0.05, 0.1) is 0 Å². The van der Waals surface area contributed by atoms with E-state index in [1.54, 1.807) is 0 Å². The first-order valence-electron chi connectivity index (χ1n) is 5.58. The molecule has 88 valence electrons. The molecule has 0 bridgehead atoms. The Bertz CT molecular complexity index is 248. The third-order valence-corrected chi connectivity index (χ3v) is 3.48. The Kier molecular flexibility index (Phi) is 9.17. The number of hydrogen-bond donors (Lipinski definition) is 1. The second kappa shape index (κ2) is 9.20. The topological polar surface area (TPSA) is 12.0 Å². The van der Waals surface area contributed by atoms with Crippen LogP contribution in [0.25, 0.3) is 0 Å². The molecule has 0 radical (unpaired) electrons. The number of rotatable bonds is 7. The highest BCUT2D eigenvalue weighted by Crippen LogP contribution is 2.14. The van der Waals surface area contributed by atoms with Crippen molar-refractivity contribution in [2.24, 2.45) is 0 Å². The van der Waals surface area contributed by atoms with Crippen molar-refractivity contribution in [3.63, 3.8) is 0 Å². The van der Waals surface area contributed by atoms with Crippen molar-refractivity contribution >= 4 is 23.7 Å². The van der Waals surface area contributed by atoms with Crippen LogP contribution >= 0.6 is 23.7 Å². The van der Waals surface area contributed by atoms with Crippen LogP contribution in [0, 0.1) is 6.92 Å². The van der Waals surface area contributed by atoms with Crippen LogP contribution in [-0.2, 0) is 6.54 Å². The minimum Gasteiger partial charge on any atom is -0.312 e. The fraction of sp³-hybridized carbons (Fsp3) is 0.667. The third kappa shape index (κ3) is 6.18. The molecule has 0 amide bonds. The van der Waals surface area contributed by atoms with Gasteiger partial charge in [0.2, 0.25) is 0 Å². The quantitative estimate of drug-likeness (QED) is 0.714. The summed E-state index contributed by atoms with van der Waals surface area (Å²) in [6, 6.07) is 2.19. The first kappa shape index (κ1) is 14.9. The molecule has 0 saturated heterocycles. The molecular formula is C12H22ClNS. The van der Waals surface area contributed by atoms with E-state index in [1.165, 1.54) is 36.1 Å². The molecule has 1 heterocycles. The van der Waals surface area contributed by atoms with Crippen LogP contribution in [0.15, 0.2) is 11.4 Å². The summed E-state index contributed by atoms with van der Waals surface area (Å²) in [6.45, 7) is 6.65. The monoisotopic (exact) mass is 247 g/mol. The Hall–Kier alpha value is -0.0500. The normalized spacial score (nSPS) is 10.0. The predicted molar refractivity (Wildman–Crippen MR) is 72.2 cm³/mol. The molecule has 1 aromatic rings. The SMILES string of the molecule is CCCCCCNCc1sccc1C.Cl. The lowest BCUT2D eigenvalue weighted by atomic mass is 10.2. The van der Waals surface area contributed by atoms with E-state index in [1.807, 2.05) is 11.3 Å². The van der Waals surface area contributed by atoms with Gasteiger partial charge in [-0.3, -0.25) is 0 Å². The van der Waals surface area contributed by atoms with Crippen molar-refractivity contribution in [2.75, 3.05) is 6.54 Å². The van der Waals surface area contributed by atoms with Gasteiger partial charge in [0.15, 0.2) is 0 Å². The van der Waals surface area contributed by atoms with Crippen LogP contribution in [0.2, 0.25) is 0 Å². The minimum absolute atomic E-state index is 0. The molecule has 1 N–H and O–H groups in total. The van der Waals surface area contributed by atoms with Crippen molar-refractivity contribution in [3.8, 4) is 0 Å². The Morgan fingerprint density at radius 1 is 1.27 bits per heavy atom. The summed E-state index contributed by atoms with van der Waals surface area (Å²) in [6.07, 6.45) is 5.38. The molecule has 1 rings (SSSR count). The summed E-state index contributed by atoms with van der Waals surface area (Å²) in [5.74, 6) is 0. The van der Waals surface area contributed by atoms with Crippen molar-refractivity contribution in [2.45, 2.75) is 46.1 Å². The van der Waals surface area contributed by atoms with Gasteiger partial charge in [-0.2, -0.15) is 0 Å². The van der Waals surface area contributed by atoms with Crippen LogP contribution in [0.1, 0.15) is 43.0 Å². The maximum Gasteiger partial charge on any atom is 0.0302 e. The van der Waals surface area contributed by atoms with Gasteiger partial charge in [0.25, 0.3) is 0 Å². The maximum absolute atomic E-state index is 3.50. The molecule has 0 aliphatic heterocycles. The zero-order chi connectivity index (χ0) is 10.2. The van der Waals surface area contributed by atoms with Crippen molar-refractivity contribution in [3.05, 3.63) is 21.9 Å². The highest BCUT2D eigenvalue weighted by atomic mass is 35.5. The second-order valence-corrected chi connectivity index (χ2v) is 4.76. The molecule has 0 aliphatic carbocycles. The predicted octanol–water partition coefficient (Wildman–Crippen LogP) is 4.15. The molecule has 3 heteroatoms. The van der Waals surface area contributed by atoms with E-state index in [4.69, 9.17) is 0 Å². The van der Waals surface area contributed by atoms with E-state index in [-0.39, 0.29) is 12.4 Å². The smallest absolute Gasteiger partial charge is 0.0302 e. The average molecular weight is 248 g/mol. The fourth-order valence-corrected chi connectivity index (χ4v) is 2.34. The molecule has 0 atom stereocenters. The second-order valence-electron chi connectivity index (χ2n) is 3.76. The highest BCUT2D eigenvalue weighted by Gasteiger charge is 1.97. The van der Waals surface area contributed by atoms with E-state index in [0.29, 0.717) is 0 Å². The number of aryl methyl sites for hydroxylation is 1. The van der Waals surface area contributed by atoms with Gasteiger partial charge in [-0.25, -0.2) is 0 Å². The van der Waals surface area contributed by atoms with Crippen molar-refractivity contribution < 1.29 is 0 Å². The molecule has 0 aromatic carbocycles. The van der Waals surface area contributed by atoms with Gasteiger partial charge < -0.3 is 5.32 Å². The Morgan fingerprint density at radius 2 is 2.07 bits per heavy atom. The molecule has 0 spiro atoms. The number of hydrogen-bond acceptors (Lipinski definition) is 2. The van der Waals surface area contributed by atoms with Gasteiger partial charge in [0, 0.05) is 11.4 Å². The maximum atomic E-state index is 3.50. The van der Waals surface area contributed by atoms with Crippen LogP contribution in [0.5, 0.6) is 0 Å². The molecule has 15 heavy (non-hydrogen) atoms. The molecule has 0 aliphatic rings. The first-order chi connectivity index (χ1) is 6.84. The largest absolute Gasteiger partial charge is 0.312 e. The van der Waals surface area contributed by atoms with Crippen LogP contribution in [0.4, 0.5) is 0 Å². The van der Waals surface area contributed by atoms with Gasteiger partial charge >= 0.3 is 0 Å². The van der Waals surface area contributed by atoms with Gasteiger partial charge in [0.1, 0.15) is 0 Å². The summed E-state index contributed by atoms with van der Waals surface area (Å²) < 4.78 is 0. The molecule has 1 aromatic heterocycles. The van der Waals surface area contributed by atoms with Crippen molar-refractivity contribution in [1.82, 2.24) is 5.32 Å². The standard InChI is InChI=1S/C12H21NS.ClH/c1-3-4-5-6-8-13-10-12-11(2)7-9-14-12;/h7,9,13H,3-6,8,10H2,1-2H3;1H. The lowest BCUT2D eigenvalue weighted by Crippen LogP contribution is -2.14. The Balaban J connectivity index is 0.00000196. The van der Waals surface area contributed by atoms with E-state index < -0.39 is 0 Å².